The minimum absolute atomic E-state index is 0.0776. The Morgan fingerprint density at radius 3 is 2.67 bits per heavy atom. The van der Waals surface area contributed by atoms with E-state index in [2.05, 4.69) is 4.90 Å². The standard InChI is InChI=1S/C15H25N3O3/c1-15(13(19)20)6-2-3-8-18(15)14(21)17-10-9-16-7-4-5-12(16)11-17/h12H,2-11H2,1H3,(H,19,20). The van der Waals surface area contributed by atoms with Gasteiger partial charge in [0.05, 0.1) is 0 Å². The van der Waals surface area contributed by atoms with Crippen LogP contribution in [0.2, 0.25) is 0 Å². The highest BCUT2D eigenvalue weighted by Gasteiger charge is 2.46. The molecule has 3 rings (SSSR count). The topological polar surface area (TPSA) is 64.1 Å². The van der Waals surface area contributed by atoms with Gasteiger partial charge >= 0.3 is 12.0 Å². The number of fused-ring (bicyclic) bond motifs is 1. The molecule has 118 valence electrons. The first-order valence-corrected chi connectivity index (χ1v) is 8.06. The zero-order valence-corrected chi connectivity index (χ0v) is 12.8. The third-order valence-electron chi connectivity index (χ3n) is 5.44. The molecule has 2 unspecified atom stereocenters. The number of carbonyl (C=O) groups is 2. The average Bonchev–Trinajstić information content (AvgIpc) is 2.94. The van der Waals surface area contributed by atoms with Gasteiger partial charge in [-0.3, -0.25) is 4.90 Å². The first-order valence-electron chi connectivity index (χ1n) is 8.06. The predicted molar refractivity (Wildman–Crippen MR) is 78.2 cm³/mol. The number of urea groups is 1. The number of piperidine rings is 1. The van der Waals surface area contributed by atoms with E-state index in [9.17, 15) is 14.7 Å². The van der Waals surface area contributed by atoms with Crippen LogP contribution in [0.5, 0.6) is 0 Å². The third-order valence-corrected chi connectivity index (χ3v) is 5.44. The van der Waals surface area contributed by atoms with Gasteiger partial charge in [-0.15, -0.1) is 0 Å². The average molecular weight is 295 g/mol. The van der Waals surface area contributed by atoms with E-state index in [1.54, 1.807) is 11.8 Å². The summed E-state index contributed by atoms with van der Waals surface area (Å²) in [7, 11) is 0. The molecular weight excluding hydrogens is 270 g/mol. The van der Waals surface area contributed by atoms with E-state index in [1.165, 1.54) is 6.42 Å². The largest absolute Gasteiger partial charge is 0.480 e. The Bertz CT molecular complexity index is 442. The summed E-state index contributed by atoms with van der Waals surface area (Å²) in [6.07, 6.45) is 4.70. The number of carboxylic acid groups (broad SMARTS) is 1. The molecule has 0 aromatic carbocycles. The van der Waals surface area contributed by atoms with Crippen molar-refractivity contribution in [1.82, 2.24) is 14.7 Å². The molecule has 0 aliphatic carbocycles. The van der Waals surface area contributed by atoms with E-state index >= 15 is 0 Å². The summed E-state index contributed by atoms with van der Waals surface area (Å²) in [6, 6.07) is 0.398. The lowest BCUT2D eigenvalue weighted by Gasteiger charge is -2.46. The van der Waals surface area contributed by atoms with Gasteiger partial charge in [0.15, 0.2) is 0 Å². The molecule has 0 radical (unpaired) electrons. The van der Waals surface area contributed by atoms with Crippen LogP contribution in [0.3, 0.4) is 0 Å². The van der Waals surface area contributed by atoms with Gasteiger partial charge in [0.2, 0.25) is 0 Å². The normalized spacial score (nSPS) is 33.9. The van der Waals surface area contributed by atoms with Gasteiger partial charge in [0, 0.05) is 32.2 Å². The van der Waals surface area contributed by atoms with Gasteiger partial charge in [-0.1, -0.05) is 0 Å². The second-order valence-corrected chi connectivity index (χ2v) is 6.75. The van der Waals surface area contributed by atoms with E-state index < -0.39 is 11.5 Å². The molecule has 0 aromatic rings. The summed E-state index contributed by atoms with van der Waals surface area (Å²) in [6.45, 7) is 5.80. The summed E-state index contributed by atoms with van der Waals surface area (Å²) in [5.74, 6) is -0.880. The summed E-state index contributed by atoms with van der Waals surface area (Å²) in [5.41, 5.74) is -1.04. The molecular formula is C15H25N3O3. The Balaban J connectivity index is 1.72. The zero-order valence-electron chi connectivity index (χ0n) is 12.8. The van der Waals surface area contributed by atoms with Gasteiger partial charge < -0.3 is 14.9 Å². The van der Waals surface area contributed by atoms with Crippen LogP contribution in [0, 0.1) is 0 Å². The van der Waals surface area contributed by atoms with Gasteiger partial charge in [-0.2, -0.15) is 0 Å². The highest BCUT2D eigenvalue weighted by atomic mass is 16.4. The number of rotatable bonds is 1. The smallest absolute Gasteiger partial charge is 0.329 e. The predicted octanol–water partition coefficient (Wildman–Crippen LogP) is 1.22. The molecule has 6 nitrogen and oxygen atoms in total. The van der Waals surface area contributed by atoms with Gasteiger partial charge in [0.1, 0.15) is 5.54 Å². The molecule has 2 amide bonds. The monoisotopic (exact) mass is 295 g/mol. The van der Waals surface area contributed by atoms with Crippen LogP contribution in [0.4, 0.5) is 4.79 Å². The first-order chi connectivity index (χ1) is 10.0. The van der Waals surface area contributed by atoms with Crippen LogP contribution >= 0.6 is 0 Å². The number of likely N-dealkylation sites (tertiary alicyclic amines) is 1. The van der Waals surface area contributed by atoms with Crippen molar-refractivity contribution in [1.29, 1.82) is 0 Å². The van der Waals surface area contributed by atoms with Gasteiger partial charge in [0.25, 0.3) is 0 Å². The number of carboxylic acids is 1. The summed E-state index contributed by atoms with van der Waals surface area (Å²) in [5, 5.41) is 9.54. The first kappa shape index (κ1) is 14.6. The van der Waals surface area contributed by atoms with Crippen molar-refractivity contribution in [3.05, 3.63) is 0 Å². The molecule has 3 aliphatic heterocycles. The quantitative estimate of drug-likeness (QED) is 0.790. The molecule has 3 saturated heterocycles. The summed E-state index contributed by atoms with van der Waals surface area (Å²) in [4.78, 5) is 30.4. The Morgan fingerprint density at radius 1 is 1.10 bits per heavy atom. The maximum absolute atomic E-state index is 12.8. The number of piperazine rings is 1. The third kappa shape index (κ3) is 2.50. The van der Waals surface area contributed by atoms with Crippen molar-refractivity contribution in [2.75, 3.05) is 32.7 Å². The molecule has 2 atom stereocenters. The van der Waals surface area contributed by atoms with Crippen molar-refractivity contribution in [2.45, 2.75) is 50.6 Å². The van der Waals surface area contributed by atoms with Crippen molar-refractivity contribution < 1.29 is 14.7 Å². The number of hydrogen-bond acceptors (Lipinski definition) is 3. The minimum atomic E-state index is -1.04. The second-order valence-electron chi connectivity index (χ2n) is 6.75. The lowest BCUT2D eigenvalue weighted by atomic mass is 9.88. The number of aliphatic carboxylic acids is 1. The summed E-state index contributed by atoms with van der Waals surface area (Å²) >= 11 is 0. The lowest BCUT2D eigenvalue weighted by molar-refractivity contribution is -0.151. The van der Waals surface area contributed by atoms with Crippen LogP contribution in [0.25, 0.3) is 0 Å². The fourth-order valence-electron chi connectivity index (χ4n) is 3.99. The second kappa shape index (κ2) is 5.48. The van der Waals surface area contributed by atoms with Crippen LogP contribution in [0.15, 0.2) is 0 Å². The maximum atomic E-state index is 12.8. The van der Waals surface area contributed by atoms with Crippen molar-refractivity contribution in [3.63, 3.8) is 0 Å². The molecule has 0 aromatic heterocycles. The van der Waals surface area contributed by atoms with Crippen LogP contribution in [-0.4, -0.2) is 76.1 Å². The molecule has 6 heteroatoms. The molecule has 0 bridgehead atoms. The highest BCUT2D eigenvalue weighted by molar-refractivity contribution is 5.86. The molecule has 0 spiro atoms. The number of carbonyl (C=O) groups excluding carboxylic acids is 1. The fourth-order valence-corrected chi connectivity index (χ4v) is 3.99. The van der Waals surface area contributed by atoms with Gasteiger partial charge in [-0.25, -0.2) is 9.59 Å². The maximum Gasteiger partial charge on any atom is 0.329 e. The Morgan fingerprint density at radius 2 is 1.90 bits per heavy atom. The van der Waals surface area contributed by atoms with Gasteiger partial charge in [-0.05, 0) is 45.6 Å². The Labute approximate surface area is 125 Å². The summed E-state index contributed by atoms with van der Waals surface area (Å²) < 4.78 is 0. The number of hydrogen-bond donors (Lipinski definition) is 1. The van der Waals surface area contributed by atoms with Crippen LogP contribution in [0.1, 0.15) is 39.0 Å². The van der Waals surface area contributed by atoms with Crippen LogP contribution in [-0.2, 0) is 4.79 Å². The van der Waals surface area contributed by atoms with Crippen molar-refractivity contribution in [3.8, 4) is 0 Å². The molecule has 3 aliphatic rings. The fraction of sp³-hybridized carbons (Fsp3) is 0.867. The Kier molecular flexibility index (Phi) is 3.82. The van der Waals surface area contributed by atoms with E-state index in [4.69, 9.17) is 0 Å². The van der Waals surface area contributed by atoms with E-state index in [0.717, 1.165) is 45.4 Å². The number of amides is 2. The van der Waals surface area contributed by atoms with E-state index in [0.29, 0.717) is 19.0 Å². The number of nitrogens with zero attached hydrogens (tertiary/aromatic N) is 3. The molecule has 3 fully saturated rings. The van der Waals surface area contributed by atoms with Crippen LogP contribution < -0.4 is 0 Å². The lowest BCUT2D eigenvalue weighted by Crippen LogP contribution is -2.63. The highest BCUT2D eigenvalue weighted by Crippen LogP contribution is 2.30. The Hall–Kier alpha value is -1.30. The zero-order chi connectivity index (χ0) is 15.0. The van der Waals surface area contributed by atoms with E-state index in [1.807, 2.05) is 4.90 Å². The van der Waals surface area contributed by atoms with Crippen molar-refractivity contribution >= 4 is 12.0 Å². The molecule has 21 heavy (non-hydrogen) atoms. The SMILES string of the molecule is CC1(C(=O)O)CCCCN1C(=O)N1CCN2CCCC2C1. The molecule has 3 heterocycles. The molecule has 0 saturated carbocycles. The van der Waals surface area contributed by atoms with Crippen molar-refractivity contribution in [2.24, 2.45) is 0 Å². The minimum Gasteiger partial charge on any atom is -0.480 e. The molecule has 1 N–H and O–H groups in total. The van der Waals surface area contributed by atoms with E-state index in [-0.39, 0.29) is 6.03 Å².